The van der Waals surface area contributed by atoms with Gasteiger partial charge in [0, 0.05) is 18.5 Å². The predicted molar refractivity (Wildman–Crippen MR) is 58.6 cm³/mol. The Balaban J connectivity index is 2.65. The lowest BCUT2D eigenvalue weighted by molar-refractivity contribution is -0.120. The standard InChI is InChI=1S/C11H14ClNO/c1-8(7-11(14)13-2)9-3-5-10(12)6-4-9/h3-6,8H,7H2,1-2H3,(H,13,14). The quantitative estimate of drug-likeness (QED) is 0.818. The zero-order chi connectivity index (χ0) is 10.6. The molecule has 0 radical (unpaired) electrons. The van der Waals surface area contributed by atoms with E-state index < -0.39 is 0 Å². The summed E-state index contributed by atoms with van der Waals surface area (Å²) in [4.78, 5) is 11.1. The predicted octanol–water partition coefficient (Wildman–Crippen LogP) is 2.58. The van der Waals surface area contributed by atoms with Gasteiger partial charge < -0.3 is 5.32 Å². The van der Waals surface area contributed by atoms with Gasteiger partial charge in [-0.25, -0.2) is 0 Å². The molecule has 0 saturated heterocycles. The average Bonchev–Trinajstić information content (AvgIpc) is 2.18. The molecule has 0 fully saturated rings. The Hall–Kier alpha value is -1.02. The van der Waals surface area contributed by atoms with E-state index in [0.717, 1.165) is 10.6 Å². The van der Waals surface area contributed by atoms with Gasteiger partial charge in [0.1, 0.15) is 0 Å². The second-order valence-electron chi connectivity index (χ2n) is 3.33. The molecule has 1 atom stereocenters. The number of hydrogen-bond acceptors (Lipinski definition) is 1. The molecule has 14 heavy (non-hydrogen) atoms. The van der Waals surface area contributed by atoms with Gasteiger partial charge in [0.15, 0.2) is 0 Å². The molecule has 0 bridgehead atoms. The molecule has 0 aliphatic carbocycles. The molecule has 1 N–H and O–H groups in total. The van der Waals surface area contributed by atoms with Crippen LogP contribution in [0.3, 0.4) is 0 Å². The van der Waals surface area contributed by atoms with E-state index in [2.05, 4.69) is 5.32 Å². The van der Waals surface area contributed by atoms with Crippen molar-refractivity contribution in [1.82, 2.24) is 5.32 Å². The van der Waals surface area contributed by atoms with Crippen LogP contribution < -0.4 is 5.32 Å². The first-order chi connectivity index (χ1) is 6.63. The molecule has 1 amide bonds. The fourth-order valence-corrected chi connectivity index (χ4v) is 1.42. The van der Waals surface area contributed by atoms with Crippen molar-refractivity contribution >= 4 is 17.5 Å². The Kier molecular flexibility index (Phi) is 3.96. The van der Waals surface area contributed by atoms with Gasteiger partial charge in [-0.15, -0.1) is 0 Å². The minimum Gasteiger partial charge on any atom is -0.359 e. The van der Waals surface area contributed by atoms with Crippen molar-refractivity contribution in [2.75, 3.05) is 7.05 Å². The number of hydrogen-bond donors (Lipinski definition) is 1. The van der Waals surface area contributed by atoms with Crippen molar-refractivity contribution in [3.8, 4) is 0 Å². The van der Waals surface area contributed by atoms with Gasteiger partial charge in [0.25, 0.3) is 0 Å². The van der Waals surface area contributed by atoms with Crippen LogP contribution in [0.5, 0.6) is 0 Å². The third kappa shape index (κ3) is 3.04. The number of benzene rings is 1. The summed E-state index contributed by atoms with van der Waals surface area (Å²) in [5, 5.41) is 3.34. The minimum atomic E-state index is 0.0625. The van der Waals surface area contributed by atoms with E-state index in [4.69, 9.17) is 11.6 Å². The topological polar surface area (TPSA) is 29.1 Å². The van der Waals surface area contributed by atoms with Crippen molar-refractivity contribution in [2.45, 2.75) is 19.3 Å². The highest BCUT2D eigenvalue weighted by atomic mass is 35.5. The molecule has 1 rings (SSSR count). The lowest BCUT2D eigenvalue weighted by atomic mass is 9.98. The van der Waals surface area contributed by atoms with E-state index in [1.54, 1.807) is 7.05 Å². The Bertz CT molecular complexity index is 308. The molecule has 1 unspecified atom stereocenters. The lowest BCUT2D eigenvalue weighted by Gasteiger charge is -2.10. The Morgan fingerprint density at radius 1 is 1.43 bits per heavy atom. The molecule has 0 spiro atoms. The lowest BCUT2D eigenvalue weighted by Crippen LogP contribution is -2.19. The molecular formula is C11H14ClNO. The van der Waals surface area contributed by atoms with Crippen LogP contribution in [0.15, 0.2) is 24.3 Å². The van der Waals surface area contributed by atoms with E-state index in [9.17, 15) is 4.79 Å². The highest BCUT2D eigenvalue weighted by molar-refractivity contribution is 6.30. The van der Waals surface area contributed by atoms with E-state index in [1.807, 2.05) is 31.2 Å². The normalized spacial score (nSPS) is 12.2. The molecule has 3 heteroatoms. The molecule has 0 aliphatic rings. The number of nitrogens with one attached hydrogen (secondary N) is 1. The van der Waals surface area contributed by atoms with E-state index >= 15 is 0 Å². The van der Waals surface area contributed by atoms with Gasteiger partial charge in [-0.05, 0) is 23.6 Å². The van der Waals surface area contributed by atoms with Crippen LogP contribution >= 0.6 is 11.6 Å². The van der Waals surface area contributed by atoms with E-state index in [0.29, 0.717) is 6.42 Å². The van der Waals surface area contributed by atoms with Gasteiger partial charge in [0.2, 0.25) is 5.91 Å². The van der Waals surface area contributed by atoms with Crippen LogP contribution in [0.1, 0.15) is 24.8 Å². The average molecular weight is 212 g/mol. The van der Waals surface area contributed by atoms with Crippen LogP contribution in [0.25, 0.3) is 0 Å². The van der Waals surface area contributed by atoms with Gasteiger partial charge in [-0.1, -0.05) is 30.7 Å². The fraction of sp³-hybridized carbons (Fsp3) is 0.364. The number of halogens is 1. The van der Waals surface area contributed by atoms with Crippen molar-refractivity contribution in [1.29, 1.82) is 0 Å². The minimum absolute atomic E-state index is 0.0625. The van der Waals surface area contributed by atoms with Crippen LogP contribution in [0.2, 0.25) is 5.02 Å². The first-order valence-corrected chi connectivity index (χ1v) is 4.97. The zero-order valence-electron chi connectivity index (χ0n) is 8.38. The van der Waals surface area contributed by atoms with Gasteiger partial charge in [0.05, 0.1) is 0 Å². The fourth-order valence-electron chi connectivity index (χ4n) is 1.29. The summed E-state index contributed by atoms with van der Waals surface area (Å²) in [5.74, 6) is 0.291. The smallest absolute Gasteiger partial charge is 0.220 e. The summed E-state index contributed by atoms with van der Waals surface area (Å²) >= 11 is 5.77. The van der Waals surface area contributed by atoms with Crippen molar-refractivity contribution in [3.63, 3.8) is 0 Å². The molecule has 76 valence electrons. The van der Waals surface area contributed by atoms with Crippen LogP contribution in [0.4, 0.5) is 0 Å². The number of rotatable bonds is 3. The highest BCUT2D eigenvalue weighted by Crippen LogP contribution is 2.20. The van der Waals surface area contributed by atoms with Gasteiger partial charge >= 0.3 is 0 Å². The molecule has 2 nitrogen and oxygen atoms in total. The second kappa shape index (κ2) is 5.01. The zero-order valence-corrected chi connectivity index (χ0v) is 9.14. The first kappa shape index (κ1) is 11.1. The maximum Gasteiger partial charge on any atom is 0.220 e. The SMILES string of the molecule is CNC(=O)CC(C)c1ccc(Cl)cc1. The van der Waals surface area contributed by atoms with Crippen molar-refractivity contribution in [3.05, 3.63) is 34.9 Å². The highest BCUT2D eigenvalue weighted by Gasteiger charge is 2.09. The monoisotopic (exact) mass is 211 g/mol. The third-order valence-electron chi connectivity index (χ3n) is 2.21. The maximum atomic E-state index is 11.1. The van der Waals surface area contributed by atoms with E-state index in [1.165, 1.54) is 0 Å². The summed E-state index contributed by atoms with van der Waals surface area (Å²) < 4.78 is 0. The Morgan fingerprint density at radius 2 is 2.00 bits per heavy atom. The van der Waals surface area contributed by atoms with Crippen LogP contribution in [0, 0.1) is 0 Å². The summed E-state index contributed by atoms with van der Waals surface area (Å²) in [6.45, 7) is 2.03. The van der Waals surface area contributed by atoms with Crippen LogP contribution in [-0.4, -0.2) is 13.0 Å². The largest absolute Gasteiger partial charge is 0.359 e. The van der Waals surface area contributed by atoms with E-state index in [-0.39, 0.29) is 11.8 Å². The van der Waals surface area contributed by atoms with Gasteiger partial charge in [-0.2, -0.15) is 0 Å². The summed E-state index contributed by atoms with van der Waals surface area (Å²) in [5.41, 5.74) is 1.14. The molecule has 0 aliphatic heterocycles. The molecule has 1 aromatic carbocycles. The summed E-state index contributed by atoms with van der Waals surface area (Å²) in [6, 6.07) is 7.60. The number of carbonyl (C=O) groups excluding carboxylic acids is 1. The first-order valence-electron chi connectivity index (χ1n) is 4.59. The molecule has 0 saturated carbocycles. The Morgan fingerprint density at radius 3 is 2.50 bits per heavy atom. The maximum absolute atomic E-state index is 11.1. The number of carbonyl (C=O) groups is 1. The van der Waals surface area contributed by atoms with Crippen molar-refractivity contribution in [2.24, 2.45) is 0 Å². The molecular weight excluding hydrogens is 198 g/mol. The Labute approximate surface area is 89.3 Å². The molecule has 0 aromatic heterocycles. The van der Waals surface area contributed by atoms with Crippen molar-refractivity contribution < 1.29 is 4.79 Å². The molecule has 1 aromatic rings. The number of amides is 1. The molecule has 0 heterocycles. The summed E-state index contributed by atoms with van der Waals surface area (Å²) in [6.07, 6.45) is 0.512. The van der Waals surface area contributed by atoms with Crippen LogP contribution in [-0.2, 0) is 4.79 Å². The third-order valence-corrected chi connectivity index (χ3v) is 2.46. The summed E-state index contributed by atoms with van der Waals surface area (Å²) in [7, 11) is 1.65. The second-order valence-corrected chi connectivity index (χ2v) is 3.77. The van der Waals surface area contributed by atoms with Gasteiger partial charge in [-0.3, -0.25) is 4.79 Å².